The smallest absolute Gasteiger partial charge is 0.268 e. The van der Waals surface area contributed by atoms with E-state index in [4.69, 9.17) is 9.15 Å². The van der Waals surface area contributed by atoms with E-state index in [-0.39, 0.29) is 5.70 Å². The van der Waals surface area contributed by atoms with Crippen LogP contribution in [0.1, 0.15) is 38.9 Å². The summed E-state index contributed by atoms with van der Waals surface area (Å²) in [4.78, 5) is 26.5. The highest BCUT2D eigenvalue weighted by atomic mass is 16.5. The van der Waals surface area contributed by atoms with Gasteiger partial charge in [-0.3, -0.25) is 9.59 Å². The molecule has 4 rings (SSSR count). The van der Waals surface area contributed by atoms with Gasteiger partial charge >= 0.3 is 0 Å². The van der Waals surface area contributed by atoms with Crippen molar-refractivity contribution in [2.45, 2.75) is 13.0 Å². The average molecular weight is 467 g/mol. The largest absolute Gasteiger partial charge is 0.497 e. The monoisotopic (exact) mass is 466 g/mol. The molecule has 3 aromatic carbocycles. The average Bonchev–Trinajstić information content (AvgIpc) is 3.41. The van der Waals surface area contributed by atoms with Crippen molar-refractivity contribution in [2.75, 3.05) is 7.11 Å². The molecule has 0 aliphatic heterocycles. The van der Waals surface area contributed by atoms with Gasteiger partial charge in [-0.05, 0) is 60.0 Å². The Kier molecular flexibility index (Phi) is 7.43. The van der Waals surface area contributed by atoms with E-state index in [1.54, 1.807) is 43.5 Å². The highest BCUT2D eigenvalue weighted by Crippen LogP contribution is 2.25. The van der Waals surface area contributed by atoms with Crippen molar-refractivity contribution < 1.29 is 18.7 Å². The molecule has 0 spiro atoms. The fraction of sp³-hybridized carbons (Fsp3) is 0.103. The van der Waals surface area contributed by atoms with Crippen molar-refractivity contribution in [2.24, 2.45) is 0 Å². The first kappa shape index (κ1) is 23.6. The van der Waals surface area contributed by atoms with Gasteiger partial charge in [0.1, 0.15) is 17.2 Å². The summed E-state index contributed by atoms with van der Waals surface area (Å²) >= 11 is 0. The van der Waals surface area contributed by atoms with Crippen LogP contribution in [0, 0.1) is 6.92 Å². The molecule has 1 atom stereocenters. The van der Waals surface area contributed by atoms with Gasteiger partial charge in [0.05, 0.1) is 19.4 Å². The lowest BCUT2D eigenvalue weighted by molar-refractivity contribution is -0.118. The molecule has 4 aromatic rings. The van der Waals surface area contributed by atoms with Crippen molar-refractivity contribution in [3.63, 3.8) is 0 Å². The number of carbonyl (C=O) groups is 2. The Bertz CT molecular complexity index is 1310. The first-order valence-corrected chi connectivity index (χ1v) is 11.2. The molecule has 0 fully saturated rings. The summed E-state index contributed by atoms with van der Waals surface area (Å²) in [5.74, 6) is 0.208. The van der Waals surface area contributed by atoms with Crippen LogP contribution in [0.25, 0.3) is 6.08 Å². The van der Waals surface area contributed by atoms with Gasteiger partial charge in [-0.2, -0.15) is 0 Å². The molecule has 0 saturated carbocycles. The number of hydrogen-bond donors (Lipinski definition) is 2. The second kappa shape index (κ2) is 11.0. The number of ether oxygens (including phenoxy) is 1. The van der Waals surface area contributed by atoms with Gasteiger partial charge in [0, 0.05) is 11.6 Å². The van der Waals surface area contributed by atoms with Gasteiger partial charge < -0.3 is 19.8 Å². The zero-order valence-electron chi connectivity index (χ0n) is 19.5. The predicted molar refractivity (Wildman–Crippen MR) is 135 cm³/mol. The van der Waals surface area contributed by atoms with Crippen LogP contribution in [0.4, 0.5) is 0 Å². The van der Waals surface area contributed by atoms with E-state index in [2.05, 4.69) is 10.6 Å². The van der Waals surface area contributed by atoms with Gasteiger partial charge in [0.2, 0.25) is 0 Å². The maximum atomic E-state index is 13.5. The Balaban J connectivity index is 1.65. The number of rotatable bonds is 8. The number of benzene rings is 3. The summed E-state index contributed by atoms with van der Waals surface area (Å²) in [6, 6.07) is 27.3. The van der Waals surface area contributed by atoms with Gasteiger partial charge in [-0.25, -0.2) is 0 Å². The zero-order valence-corrected chi connectivity index (χ0v) is 19.5. The Labute approximate surface area is 204 Å². The highest BCUT2D eigenvalue weighted by Gasteiger charge is 2.22. The van der Waals surface area contributed by atoms with Crippen LogP contribution in [-0.4, -0.2) is 18.9 Å². The summed E-state index contributed by atoms with van der Waals surface area (Å²) < 4.78 is 10.6. The number of carbonyl (C=O) groups excluding carboxylic acids is 2. The third-order valence-electron chi connectivity index (χ3n) is 5.58. The maximum absolute atomic E-state index is 13.5. The summed E-state index contributed by atoms with van der Waals surface area (Å²) in [5, 5.41) is 5.84. The van der Waals surface area contributed by atoms with Crippen LogP contribution in [0.2, 0.25) is 0 Å². The molecule has 0 radical (unpaired) electrons. The summed E-state index contributed by atoms with van der Waals surface area (Å²) in [6.07, 6.45) is 3.02. The summed E-state index contributed by atoms with van der Waals surface area (Å²) in [5.41, 5.74) is 3.39. The molecule has 1 unspecified atom stereocenters. The number of amides is 2. The van der Waals surface area contributed by atoms with Crippen LogP contribution >= 0.6 is 0 Å². The fourth-order valence-corrected chi connectivity index (χ4v) is 3.72. The SMILES string of the molecule is COc1ccc(C(=O)N/C(=C\c2ccco2)C(=O)NC(c2ccccc2)c2ccccc2C)cc1. The van der Waals surface area contributed by atoms with E-state index in [0.717, 1.165) is 16.7 Å². The minimum absolute atomic E-state index is 0.0651. The standard InChI is InChI=1S/C29H26N2O4/c1-20-9-6-7-13-25(20)27(21-10-4-3-5-11-21)31-29(33)26(19-24-12-8-18-35-24)30-28(32)22-14-16-23(34-2)17-15-22/h3-19,27H,1-2H3,(H,30,32)(H,31,33)/b26-19-. The molecule has 1 aromatic heterocycles. The lowest BCUT2D eigenvalue weighted by Crippen LogP contribution is -2.37. The van der Waals surface area contributed by atoms with Crippen molar-refractivity contribution in [3.8, 4) is 5.75 Å². The van der Waals surface area contributed by atoms with E-state index in [9.17, 15) is 9.59 Å². The number of methoxy groups -OCH3 is 1. The van der Waals surface area contributed by atoms with Crippen LogP contribution < -0.4 is 15.4 Å². The molecule has 6 nitrogen and oxygen atoms in total. The molecule has 6 heteroatoms. The second-order valence-electron chi connectivity index (χ2n) is 7.93. The van der Waals surface area contributed by atoms with Gasteiger partial charge in [0.15, 0.2) is 0 Å². The second-order valence-corrected chi connectivity index (χ2v) is 7.93. The molecule has 1 heterocycles. The van der Waals surface area contributed by atoms with Crippen molar-refractivity contribution in [1.29, 1.82) is 0 Å². The van der Waals surface area contributed by atoms with Crippen LogP contribution in [0.3, 0.4) is 0 Å². The molecule has 2 amide bonds. The molecule has 2 N–H and O–H groups in total. The number of furan rings is 1. The third kappa shape index (κ3) is 5.86. The lowest BCUT2D eigenvalue weighted by Gasteiger charge is -2.22. The predicted octanol–water partition coefficient (Wildman–Crippen LogP) is 5.27. The Morgan fingerprint density at radius 1 is 0.886 bits per heavy atom. The van der Waals surface area contributed by atoms with E-state index in [1.165, 1.54) is 12.3 Å². The zero-order chi connectivity index (χ0) is 24.6. The van der Waals surface area contributed by atoms with E-state index in [0.29, 0.717) is 17.1 Å². The first-order chi connectivity index (χ1) is 17.0. The van der Waals surface area contributed by atoms with Gasteiger partial charge in [-0.15, -0.1) is 0 Å². The minimum atomic E-state index is -0.444. The normalized spacial score (nSPS) is 12.0. The number of aryl methyl sites for hydroxylation is 1. The quantitative estimate of drug-likeness (QED) is 0.347. The van der Waals surface area contributed by atoms with E-state index in [1.807, 2.05) is 61.5 Å². The van der Waals surface area contributed by atoms with Crippen molar-refractivity contribution in [1.82, 2.24) is 10.6 Å². The Hall–Kier alpha value is -4.58. The first-order valence-electron chi connectivity index (χ1n) is 11.2. The molecule has 0 saturated heterocycles. The minimum Gasteiger partial charge on any atom is -0.497 e. The molecule has 0 aliphatic carbocycles. The van der Waals surface area contributed by atoms with E-state index < -0.39 is 17.9 Å². The third-order valence-corrected chi connectivity index (χ3v) is 5.58. The summed E-state index contributed by atoms with van der Waals surface area (Å²) in [7, 11) is 1.56. The molecule has 35 heavy (non-hydrogen) atoms. The summed E-state index contributed by atoms with van der Waals surface area (Å²) in [6.45, 7) is 2.00. The van der Waals surface area contributed by atoms with Crippen molar-refractivity contribution >= 4 is 17.9 Å². The Morgan fingerprint density at radius 2 is 1.60 bits per heavy atom. The molecule has 0 aliphatic rings. The van der Waals surface area contributed by atoms with Gasteiger partial charge in [0.25, 0.3) is 11.8 Å². The van der Waals surface area contributed by atoms with E-state index >= 15 is 0 Å². The lowest BCUT2D eigenvalue weighted by atomic mass is 9.95. The number of nitrogens with one attached hydrogen (secondary N) is 2. The van der Waals surface area contributed by atoms with Gasteiger partial charge in [-0.1, -0.05) is 54.6 Å². The Morgan fingerprint density at radius 3 is 2.26 bits per heavy atom. The molecular weight excluding hydrogens is 440 g/mol. The van der Waals surface area contributed by atoms with Crippen molar-refractivity contribution in [3.05, 3.63) is 131 Å². The topological polar surface area (TPSA) is 80.6 Å². The fourth-order valence-electron chi connectivity index (χ4n) is 3.72. The maximum Gasteiger partial charge on any atom is 0.268 e. The molecule has 176 valence electrons. The molecular formula is C29H26N2O4. The molecule has 0 bridgehead atoms. The highest BCUT2D eigenvalue weighted by molar-refractivity contribution is 6.05. The van der Waals surface area contributed by atoms with Crippen LogP contribution in [0.5, 0.6) is 5.75 Å². The van der Waals surface area contributed by atoms with Crippen LogP contribution in [-0.2, 0) is 4.79 Å². The number of hydrogen-bond acceptors (Lipinski definition) is 4. The van der Waals surface area contributed by atoms with Crippen LogP contribution in [0.15, 0.2) is 107 Å².